The van der Waals surface area contributed by atoms with Gasteiger partial charge in [0.25, 0.3) is 15.9 Å². The molecule has 1 aliphatic rings. The summed E-state index contributed by atoms with van der Waals surface area (Å²) in [5, 5.41) is 2.77. The topological polar surface area (TPSA) is 105 Å². The Morgan fingerprint density at radius 3 is 2.34 bits per heavy atom. The summed E-state index contributed by atoms with van der Waals surface area (Å²) in [5.41, 5.74) is 2.51. The second-order valence-electron chi connectivity index (χ2n) is 8.70. The molecule has 0 radical (unpaired) electrons. The van der Waals surface area contributed by atoms with Crippen LogP contribution in [0.1, 0.15) is 27.0 Å². The number of hydrogen-bond acceptors (Lipinski definition) is 5. The van der Waals surface area contributed by atoms with Crippen LogP contribution in [0, 0.1) is 6.92 Å². The molecule has 12 heteroatoms. The van der Waals surface area contributed by atoms with Gasteiger partial charge < -0.3 is 15.0 Å². The highest BCUT2D eigenvalue weighted by molar-refractivity contribution is 7.92. The molecule has 8 nitrogen and oxygen atoms in total. The van der Waals surface area contributed by atoms with Crippen molar-refractivity contribution < 1.29 is 35.9 Å². The normalized spacial score (nSPS) is 13.4. The first-order valence-corrected chi connectivity index (χ1v) is 12.9. The zero-order valence-corrected chi connectivity index (χ0v) is 21.2. The van der Waals surface area contributed by atoms with Crippen LogP contribution in [0.3, 0.4) is 0 Å². The molecule has 0 fully saturated rings. The van der Waals surface area contributed by atoms with Gasteiger partial charge in [-0.05, 0) is 60.4 Å². The number of nitrogens with one attached hydrogen (secondary N) is 2. The number of methoxy groups -OCH3 is 1. The number of benzene rings is 3. The van der Waals surface area contributed by atoms with Crippen molar-refractivity contribution in [1.82, 2.24) is 4.90 Å². The van der Waals surface area contributed by atoms with Crippen molar-refractivity contribution in [2.75, 3.05) is 23.7 Å². The third-order valence-corrected chi connectivity index (χ3v) is 7.47. The van der Waals surface area contributed by atoms with Crippen molar-refractivity contribution in [3.8, 4) is 5.75 Å². The Kier molecular flexibility index (Phi) is 7.36. The Balaban J connectivity index is 1.57. The number of carbonyl (C=O) groups excluding carboxylic acids is 2. The SMILES string of the molecule is COc1cc(NC(=O)c2ccccc2)c(C)cc1NS(=O)(=O)c1ccc2c(c1)CN(C(=O)C(F)(F)F)CC2. The van der Waals surface area contributed by atoms with Crippen molar-refractivity contribution in [3.05, 3.63) is 82.9 Å². The smallest absolute Gasteiger partial charge is 0.471 e. The number of ether oxygens (including phenoxy) is 1. The summed E-state index contributed by atoms with van der Waals surface area (Å²) < 4.78 is 72.8. The molecule has 2 N–H and O–H groups in total. The summed E-state index contributed by atoms with van der Waals surface area (Å²) in [5.74, 6) is -2.17. The summed E-state index contributed by atoms with van der Waals surface area (Å²) in [6, 6.07) is 15.7. The van der Waals surface area contributed by atoms with E-state index in [0.717, 1.165) is 0 Å². The Morgan fingerprint density at radius 2 is 1.68 bits per heavy atom. The summed E-state index contributed by atoms with van der Waals surface area (Å²) in [7, 11) is -2.84. The van der Waals surface area contributed by atoms with E-state index in [-0.39, 0.29) is 41.7 Å². The summed E-state index contributed by atoms with van der Waals surface area (Å²) in [6.45, 7) is 1.22. The van der Waals surface area contributed by atoms with E-state index in [0.29, 0.717) is 32.8 Å². The molecule has 3 aromatic rings. The van der Waals surface area contributed by atoms with Crippen LogP contribution in [0.15, 0.2) is 65.6 Å². The number of nitrogens with zero attached hydrogens (tertiary/aromatic N) is 1. The van der Waals surface area contributed by atoms with Crippen LogP contribution >= 0.6 is 0 Å². The van der Waals surface area contributed by atoms with Crippen molar-refractivity contribution in [3.63, 3.8) is 0 Å². The maximum atomic E-state index is 13.2. The van der Waals surface area contributed by atoms with Gasteiger partial charge in [-0.2, -0.15) is 13.2 Å². The average molecular weight is 548 g/mol. The highest BCUT2D eigenvalue weighted by atomic mass is 32.2. The molecule has 0 bridgehead atoms. The number of aryl methyl sites for hydroxylation is 1. The van der Waals surface area contributed by atoms with E-state index >= 15 is 0 Å². The second-order valence-corrected chi connectivity index (χ2v) is 10.4. The van der Waals surface area contributed by atoms with Crippen LogP contribution in [0.25, 0.3) is 0 Å². The van der Waals surface area contributed by atoms with Crippen LogP contribution < -0.4 is 14.8 Å². The molecule has 4 rings (SSSR count). The van der Waals surface area contributed by atoms with E-state index in [1.54, 1.807) is 37.3 Å². The number of fused-ring (bicyclic) bond motifs is 1. The van der Waals surface area contributed by atoms with Crippen LogP contribution in [0.4, 0.5) is 24.5 Å². The van der Waals surface area contributed by atoms with Crippen LogP contribution in [-0.2, 0) is 27.8 Å². The first kappa shape index (κ1) is 27.0. The first-order valence-electron chi connectivity index (χ1n) is 11.4. The molecule has 3 aromatic carbocycles. The summed E-state index contributed by atoms with van der Waals surface area (Å²) in [4.78, 5) is 24.7. The van der Waals surface area contributed by atoms with Crippen LogP contribution in [0.5, 0.6) is 5.75 Å². The number of carbonyl (C=O) groups is 2. The molecule has 0 aliphatic carbocycles. The van der Waals surface area contributed by atoms with Gasteiger partial charge in [-0.1, -0.05) is 24.3 Å². The monoisotopic (exact) mass is 547 g/mol. The van der Waals surface area contributed by atoms with E-state index in [9.17, 15) is 31.2 Å². The standard InChI is InChI=1S/C26H24F3N3O5S/c1-16-12-22(23(37-2)14-21(16)30-24(33)18-6-4-3-5-7-18)31-38(35,36)20-9-8-17-10-11-32(15-19(17)13-20)25(34)26(27,28)29/h3-9,12-14,31H,10-11,15H2,1-2H3,(H,30,33). The maximum Gasteiger partial charge on any atom is 0.471 e. The molecule has 0 saturated carbocycles. The predicted octanol–water partition coefficient (Wildman–Crippen LogP) is 4.50. The lowest BCUT2D eigenvalue weighted by atomic mass is 10.00. The van der Waals surface area contributed by atoms with Crippen molar-refractivity contribution in [2.45, 2.75) is 31.0 Å². The Bertz CT molecular complexity index is 1490. The molecule has 0 spiro atoms. The minimum Gasteiger partial charge on any atom is -0.494 e. The average Bonchev–Trinajstić information content (AvgIpc) is 2.88. The lowest BCUT2D eigenvalue weighted by molar-refractivity contribution is -0.186. The molecule has 200 valence electrons. The largest absolute Gasteiger partial charge is 0.494 e. The Labute approximate surface area is 217 Å². The number of alkyl halides is 3. The fourth-order valence-electron chi connectivity index (χ4n) is 4.11. The van der Waals surface area contributed by atoms with Gasteiger partial charge in [0.05, 0.1) is 17.7 Å². The van der Waals surface area contributed by atoms with E-state index in [4.69, 9.17) is 4.74 Å². The minimum absolute atomic E-state index is 0.106. The van der Waals surface area contributed by atoms with Gasteiger partial charge in [-0.15, -0.1) is 0 Å². The second kappa shape index (κ2) is 10.4. The number of hydrogen-bond donors (Lipinski definition) is 2. The molecule has 0 unspecified atom stereocenters. The third kappa shape index (κ3) is 5.75. The molecular weight excluding hydrogens is 523 g/mol. The summed E-state index contributed by atoms with van der Waals surface area (Å²) >= 11 is 0. The van der Waals surface area contributed by atoms with Gasteiger partial charge >= 0.3 is 12.1 Å². The highest BCUT2D eigenvalue weighted by Crippen LogP contribution is 2.34. The van der Waals surface area contributed by atoms with Crippen LogP contribution in [0.2, 0.25) is 0 Å². The van der Waals surface area contributed by atoms with Gasteiger partial charge in [-0.25, -0.2) is 8.42 Å². The quantitative estimate of drug-likeness (QED) is 0.473. The number of sulfonamides is 1. The van der Waals surface area contributed by atoms with E-state index in [2.05, 4.69) is 10.0 Å². The van der Waals surface area contributed by atoms with E-state index < -0.39 is 22.1 Å². The van der Waals surface area contributed by atoms with Crippen LogP contribution in [-0.4, -0.2) is 45.0 Å². The zero-order valence-electron chi connectivity index (χ0n) is 20.4. The zero-order chi connectivity index (χ0) is 27.7. The number of rotatable bonds is 6. The molecule has 0 aromatic heterocycles. The Morgan fingerprint density at radius 1 is 0.974 bits per heavy atom. The molecule has 0 atom stereocenters. The number of anilines is 2. The van der Waals surface area contributed by atoms with Crippen molar-refractivity contribution in [2.24, 2.45) is 0 Å². The predicted molar refractivity (Wildman–Crippen MR) is 135 cm³/mol. The van der Waals surface area contributed by atoms with E-state index in [1.165, 1.54) is 37.4 Å². The van der Waals surface area contributed by atoms with Gasteiger partial charge in [0.2, 0.25) is 0 Å². The third-order valence-electron chi connectivity index (χ3n) is 6.10. The molecule has 1 heterocycles. The summed E-state index contributed by atoms with van der Waals surface area (Å²) in [6.07, 6.45) is -4.84. The first-order chi connectivity index (χ1) is 17.9. The van der Waals surface area contributed by atoms with Gasteiger partial charge in [0.1, 0.15) is 5.75 Å². The fraction of sp³-hybridized carbons (Fsp3) is 0.231. The number of amides is 2. The van der Waals surface area contributed by atoms with Crippen molar-refractivity contribution in [1.29, 1.82) is 0 Å². The molecule has 38 heavy (non-hydrogen) atoms. The highest BCUT2D eigenvalue weighted by Gasteiger charge is 2.43. The minimum atomic E-state index is -5.01. The fourth-order valence-corrected chi connectivity index (χ4v) is 5.22. The number of halogens is 3. The lowest BCUT2D eigenvalue weighted by Crippen LogP contribution is -2.43. The molecule has 0 saturated heterocycles. The van der Waals surface area contributed by atoms with Gasteiger partial charge in [0.15, 0.2) is 0 Å². The lowest BCUT2D eigenvalue weighted by Gasteiger charge is -2.29. The molecular formula is C26H24F3N3O5S. The molecule has 2 amide bonds. The van der Waals surface area contributed by atoms with Crippen molar-refractivity contribution >= 4 is 33.2 Å². The van der Waals surface area contributed by atoms with Gasteiger partial charge in [-0.3, -0.25) is 14.3 Å². The maximum absolute atomic E-state index is 13.2. The van der Waals surface area contributed by atoms with E-state index in [1.807, 2.05) is 0 Å². The molecule has 1 aliphatic heterocycles. The Hall–Kier alpha value is -4.06. The van der Waals surface area contributed by atoms with Gasteiger partial charge in [0, 0.05) is 30.4 Å².